The minimum atomic E-state index is -2.55. The molecule has 6 rings (SSSR count). The third kappa shape index (κ3) is 6.73. The standard InChI is InChI=1S/C21H25.C10H9O.C8H8.2ClH.Zr/c1-20(2,3)16-9-7-14-11-15-8-10-17(21(4,5)6)13-19(15)18(14)12-16;1-8-2-3-9(6-8)10-4-5-11-7-10;1-2-8-6-4-3-5-7-8;;;/h7,9-10,12-13H,11H2,1-6H3;2-5,7-8H,1H3;1,3-7H,2H2;2*1H;/q;;;;;+2/p-2. The van der Waals surface area contributed by atoms with Gasteiger partial charge in [-0.25, -0.2) is 0 Å². The van der Waals surface area contributed by atoms with Gasteiger partial charge in [-0.3, -0.25) is 0 Å². The van der Waals surface area contributed by atoms with E-state index in [1.807, 2.05) is 12.5 Å². The second-order valence-corrected chi connectivity index (χ2v) is 19.6. The first-order valence-electron chi connectivity index (χ1n) is 15.0. The molecule has 2 aliphatic carbocycles. The summed E-state index contributed by atoms with van der Waals surface area (Å²) in [5.74, 6) is 0.437. The van der Waals surface area contributed by atoms with Gasteiger partial charge >= 0.3 is 255 Å². The molecule has 1 atom stereocenters. The van der Waals surface area contributed by atoms with Crippen molar-refractivity contribution in [3.8, 4) is 11.1 Å². The van der Waals surface area contributed by atoms with Crippen LogP contribution in [-0.2, 0) is 44.9 Å². The molecule has 0 saturated carbocycles. The van der Waals surface area contributed by atoms with Gasteiger partial charge in [0.25, 0.3) is 0 Å². The second-order valence-electron chi connectivity index (χ2n) is 13.9. The number of fused-ring (bicyclic) bond motifs is 3. The third-order valence-corrected chi connectivity index (χ3v) is 16.1. The van der Waals surface area contributed by atoms with Crippen LogP contribution in [0.3, 0.4) is 0 Å². The molecule has 0 aliphatic heterocycles. The van der Waals surface area contributed by atoms with E-state index >= 15 is 0 Å². The number of furan rings is 1. The molecule has 1 heterocycles. The number of hydrogen-bond acceptors (Lipinski definition) is 1. The van der Waals surface area contributed by atoms with Crippen LogP contribution in [0.15, 0.2) is 99.1 Å². The Labute approximate surface area is 278 Å². The molecule has 4 aromatic rings. The van der Waals surface area contributed by atoms with Crippen LogP contribution in [-0.4, -0.2) is 3.71 Å². The van der Waals surface area contributed by atoms with E-state index in [-0.39, 0.29) is 35.6 Å². The summed E-state index contributed by atoms with van der Waals surface area (Å²) in [7, 11) is 0. The molecule has 0 saturated heterocycles. The normalized spacial score (nSPS) is 15.7. The number of rotatable bonds is 5. The molecule has 0 spiro atoms. The van der Waals surface area contributed by atoms with Gasteiger partial charge in [-0.05, 0) is 0 Å². The summed E-state index contributed by atoms with van der Waals surface area (Å²) >= 11 is -2.55. The van der Waals surface area contributed by atoms with Crippen molar-refractivity contribution < 1.29 is 50.5 Å². The first-order chi connectivity index (χ1) is 19.5. The molecule has 1 nitrogen and oxygen atoms in total. The maximum atomic E-state index is 5.59. The number of halogens is 2. The van der Waals surface area contributed by atoms with E-state index in [1.165, 1.54) is 44.5 Å². The minimum Gasteiger partial charge on any atom is -1.00 e. The largest absolute Gasteiger partial charge is 1.00 e. The van der Waals surface area contributed by atoms with Crippen LogP contribution in [0, 0.1) is 5.92 Å². The first-order valence-corrected chi connectivity index (χ1v) is 18.9. The average Bonchev–Trinajstić information content (AvgIpc) is 3.67. The molecule has 2 aliphatic rings. The smallest absolute Gasteiger partial charge is 1.00 e. The molecule has 0 bridgehead atoms. The Morgan fingerprint density at radius 3 is 2.19 bits per heavy atom. The zero-order chi connectivity index (χ0) is 28.9. The van der Waals surface area contributed by atoms with Gasteiger partial charge in [-0.2, -0.15) is 0 Å². The van der Waals surface area contributed by atoms with E-state index in [0.717, 1.165) is 12.8 Å². The van der Waals surface area contributed by atoms with E-state index in [2.05, 4.69) is 131 Å². The Hall–Kier alpha value is -2.25. The van der Waals surface area contributed by atoms with Gasteiger partial charge in [0, 0.05) is 0 Å². The summed E-state index contributed by atoms with van der Waals surface area (Å²) < 4.78 is 11.7. The van der Waals surface area contributed by atoms with Crippen molar-refractivity contribution in [3.05, 3.63) is 128 Å². The van der Waals surface area contributed by atoms with E-state index in [0.29, 0.717) is 5.92 Å². The predicted octanol–water partition coefficient (Wildman–Crippen LogP) is 3.36. The van der Waals surface area contributed by atoms with Crippen molar-refractivity contribution in [2.45, 2.75) is 72.1 Å². The Bertz CT molecular complexity index is 1690. The van der Waals surface area contributed by atoms with E-state index in [1.54, 1.807) is 12.1 Å². The minimum absolute atomic E-state index is 0. The van der Waals surface area contributed by atoms with Crippen LogP contribution >= 0.6 is 0 Å². The van der Waals surface area contributed by atoms with Crippen LogP contribution in [0.25, 0.3) is 16.7 Å². The molecular formula is C39H42Cl2OZr. The Morgan fingerprint density at radius 2 is 1.53 bits per heavy atom. The molecule has 0 fully saturated rings. The van der Waals surface area contributed by atoms with Crippen molar-refractivity contribution in [1.82, 2.24) is 0 Å². The molecule has 43 heavy (non-hydrogen) atoms. The molecule has 4 heteroatoms. The van der Waals surface area contributed by atoms with Crippen molar-refractivity contribution in [3.63, 3.8) is 0 Å². The summed E-state index contributed by atoms with van der Waals surface area (Å²) in [5, 5.41) is 0. The van der Waals surface area contributed by atoms with E-state index < -0.39 is 21.3 Å². The first kappa shape index (κ1) is 33.6. The summed E-state index contributed by atoms with van der Waals surface area (Å²) in [5.41, 5.74) is 13.1. The van der Waals surface area contributed by atoms with Gasteiger partial charge in [0.1, 0.15) is 0 Å². The van der Waals surface area contributed by atoms with Gasteiger partial charge in [0.2, 0.25) is 0 Å². The zero-order valence-electron chi connectivity index (χ0n) is 26.4. The molecule has 1 aromatic heterocycles. The SMILES string of the molecule is CC1C=CC(c2ccoc2)=[C]1[Zr+2](=[CH]Cc1ccccc1)[c]1cc(C(C)(C)C)cc2c1Cc1ccc(C(C)(C)C)cc1-2.[Cl-].[Cl-]. The Morgan fingerprint density at radius 1 is 0.837 bits per heavy atom. The molecule has 0 radical (unpaired) electrons. The third-order valence-electron chi connectivity index (χ3n) is 8.84. The maximum Gasteiger partial charge on any atom is -1.00 e. The van der Waals surface area contributed by atoms with Crippen molar-refractivity contribution >= 4 is 12.6 Å². The van der Waals surface area contributed by atoms with Crippen molar-refractivity contribution in [1.29, 1.82) is 0 Å². The fourth-order valence-electron chi connectivity index (χ4n) is 6.35. The second kappa shape index (κ2) is 13.0. The van der Waals surface area contributed by atoms with E-state index in [4.69, 9.17) is 4.42 Å². The van der Waals surface area contributed by atoms with Gasteiger partial charge < -0.3 is 24.8 Å². The molecule has 0 N–H and O–H groups in total. The quantitative estimate of drug-likeness (QED) is 0.276. The van der Waals surface area contributed by atoms with E-state index in [9.17, 15) is 0 Å². The van der Waals surface area contributed by atoms with Crippen LogP contribution in [0.5, 0.6) is 0 Å². The summed E-state index contributed by atoms with van der Waals surface area (Å²) in [4.78, 5) is 0. The molecule has 222 valence electrons. The molecule has 3 aromatic carbocycles. The Kier molecular flexibility index (Phi) is 10.2. The van der Waals surface area contributed by atoms with Crippen molar-refractivity contribution in [2.75, 3.05) is 0 Å². The molecular weight excluding hydrogens is 647 g/mol. The van der Waals surface area contributed by atoms with Crippen molar-refractivity contribution in [2.24, 2.45) is 5.92 Å². The maximum absolute atomic E-state index is 5.59. The topological polar surface area (TPSA) is 13.1 Å². The average molecular weight is 689 g/mol. The Balaban J connectivity index is 0.00000212. The fourth-order valence-corrected chi connectivity index (χ4v) is 14.0. The monoisotopic (exact) mass is 686 g/mol. The summed E-state index contributed by atoms with van der Waals surface area (Å²) in [6.45, 7) is 16.5. The van der Waals surface area contributed by atoms with Crippen LogP contribution in [0.2, 0.25) is 0 Å². The fraction of sp³-hybridized carbons (Fsp3) is 0.308. The molecule has 1 unspecified atom stereocenters. The van der Waals surface area contributed by atoms with Gasteiger partial charge in [0.15, 0.2) is 0 Å². The number of hydrogen-bond donors (Lipinski definition) is 0. The molecule has 0 amide bonds. The predicted molar refractivity (Wildman–Crippen MR) is 172 cm³/mol. The van der Waals surface area contributed by atoms with Crippen LogP contribution < -0.4 is 28.1 Å². The van der Waals surface area contributed by atoms with Gasteiger partial charge in [-0.15, -0.1) is 0 Å². The summed E-state index contributed by atoms with van der Waals surface area (Å²) in [6.07, 6.45) is 10.6. The van der Waals surface area contributed by atoms with Gasteiger partial charge in [-0.1, -0.05) is 0 Å². The van der Waals surface area contributed by atoms with Crippen LogP contribution in [0.4, 0.5) is 0 Å². The zero-order valence-corrected chi connectivity index (χ0v) is 30.4. The number of allylic oxidation sites excluding steroid dienone is 4. The summed E-state index contributed by atoms with van der Waals surface area (Å²) in [6, 6.07) is 25.5. The number of benzene rings is 3. The van der Waals surface area contributed by atoms with Gasteiger partial charge in [0.05, 0.1) is 0 Å². The van der Waals surface area contributed by atoms with Crippen LogP contribution in [0.1, 0.15) is 81.8 Å².